The van der Waals surface area contributed by atoms with Gasteiger partial charge >= 0.3 is 207 Å². The second-order valence-corrected chi connectivity index (χ2v) is 11.8. The van der Waals surface area contributed by atoms with Crippen molar-refractivity contribution in [1.82, 2.24) is 10.2 Å². The summed E-state index contributed by atoms with van der Waals surface area (Å²) in [6.07, 6.45) is -3.97. The fourth-order valence-electron chi connectivity index (χ4n) is 3.24. The summed E-state index contributed by atoms with van der Waals surface area (Å²) < 4.78 is 30.6. The maximum absolute atomic E-state index is 12.7. The molecular weight excluding hydrogens is 507 g/mol. The number of rotatable bonds is 8. The first-order valence-corrected chi connectivity index (χ1v) is 12.6. The van der Waals surface area contributed by atoms with E-state index >= 15 is 0 Å². The van der Waals surface area contributed by atoms with E-state index < -0.39 is 74.1 Å². The van der Waals surface area contributed by atoms with Gasteiger partial charge in [-0.3, -0.25) is 0 Å². The fraction of sp³-hybridized carbons (Fsp3) is 0.750. The molecule has 2 atom stereocenters. The van der Waals surface area contributed by atoms with Crippen molar-refractivity contribution in [3.63, 3.8) is 0 Å². The summed E-state index contributed by atoms with van der Waals surface area (Å²) in [6.45, 7) is 5.75. The predicted octanol–water partition coefficient (Wildman–Crippen LogP) is 0.737. The quantitative estimate of drug-likeness (QED) is 0.222. The van der Waals surface area contributed by atoms with Gasteiger partial charge in [-0.15, -0.1) is 0 Å². The van der Waals surface area contributed by atoms with Crippen LogP contribution >= 0.6 is 8.17 Å². The molecule has 3 N–H and O–H groups in total. The number of hydrogen-bond donors (Lipinski definition) is 3. The number of nitrogens with zero attached hydrogens (tertiary/aromatic N) is 1. The van der Waals surface area contributed by atoms with E-state index in [0.29, 0.717) is 0 Å². The SMILES string of the molecule is COC(=O)CCNC(=O)[C@@H]1O[PH](O)(OC[C@]2(C(=O)O)COC(=O)N2C(=O)OC(C)(C)C)OCC1(C)C. The molecular formula is C20H33N2O13P. The van der Waals surface area contributed by atoms with E-state index in [1.807, 2.05) is 0 Å². The Morgan fingerprint density at radius 3 is 2.42 bits per heavy atom. The third kappa shape index (κ3) is 6.79. The molecule has 0 unspecified atom stereocenters. The van der Waals surface area contributed by atoms with Crippen LogP contribution < -0.4 is 5.32 Å². The molecule has 0 spiro atoms. The summed E-state index contributed by atoms with van der Waals surface area (Å²) in [5, 5.41) is 12.4. The Labute approximate surface area is 207 Å². The Morgan fingerprint density at radius 1 is 1.22 bits per heavy atom. The minimum absolute atomic E-state index is 0.0600. The zero-order valence-corrected chi connectivity index (χ0v) is 21.9. The number of nitrogens with one attached hydrogen (secondary N) is 1. The van der Waals surface area contributed by atoms with Crippen molar-refractivity contribution in [2.75, 3.05) is 33.5 Å². The first-order valence-electron chi connectivity index (χ1n) is 10.9. The first-order chi connectivity index (χ1) is 16.5. The number of hydrogen-bond acceptors (Lipinski definition) is 12. The number of carboxylic acid groups (broad SMARTS) is 1. The fourth-order valence-corrected chi connectivity index (χ4v) is 5.16. The topological polar surface area (TPSA) is 196 Å². The Balaban J connectivity index is 2.19. The van der Waals surface area contributed by atoms with E-state index in [0.717, 1.165) is 0 Å². The second kappa shape index (κ2) is 10.8. The molecule has 0 bridgehead atoms. The number of amides is 3. The Hall–Kier alpha value is -2.58. The number of cyclic esters (lactones) is 1. The van der Waals surface area contributed by atoms with Crippen molar-refractivity contribution in [2.24, 2.45) is 5.41 Å². The zero-order valence-electron chi connectivity index (χ0n) is 20.9. The van der Waals surface area contributed by atoms with Gasteiger partial charge in [0.1, 0.15) is 0 Å². The van der Waals surface area contributed by atoms with Gasteiger partial charge < -0.3 is 0 Å². The molecule has 16 heteroatoms. The van der Waals surface area contributed by atoms with Crippen LogP contribution in [0.2, 0.25) is 0 Å². The molecule has 0 saturated carbocycles. The van der Waals surface area contributed by atoms with Crippen LogP contribution in [0.3, 0.4) is 0 Å². The number of ether oxygens (including phenoxy) is 3. The number of imide groups is 1. The van der Waals surface area contributed by atoms with Crippen molar-refractivity contribution in [1.29, 1.82) is 0 Å². The van der Waals surface area contributed by atoms with Gasteiger partial charge in [-0.1, -0.05) is 0 Å². The molecule has 0 aliphatic carbocycles. The molecule has 2 heterocycles. The Bertz CT molecular complexity index is 905. The van der Waals surface area contributed by atoms with Gasteiger partial charge in [-0.05, 0) is 0 Å². The summed E-state index contributed by atoms with van der Waals surface area (Å²) in [7, 11) is -3.47. The molecule has 2 saturated heterocycles. The van der Waals surface area contributed by atoms with E-state index in [-0.39, 0.29) is 24.5 Å². The van der Waals surface area contributed by atoms with Crippen molar-refractivity contribution >= 4 is 38.2 Å². The number of aliphatic carboxylic acids is 1. The van der Waals surface area contributed by atoms with Gasteiger partial charge in [0.2, 0.25) is 0 Å². The predicted molar refractivity (Wildman–Crippen MR) is 121 cm³/mol. The normalized spacial score (nSPS) is 25.9. The Kier molecular flexibility index (Phi) is 8.90. The molecule has 2 aliphatic rings. The van der Waals surface area contributed by atoms with Gasteiger partial charge in [-0.2, -0.15) is 0 Å². The van der Waals surface area contributed by atoms with Crippen LogP contribution in [0, 0.1) is 5.41 Å². The van der Waals surface area contributed by atoms with E-state index in [4.69, 9.17) is 23.0 Å². The van der Waals surface area contributed by atoms with Crippen LogP contribution in [0.5, 0.6) is 0 Å². The van der Waals surface area contributed by atoms with Crippen LogP contribution in [-0.4, -0.2) is 95.7 Å². The van der Waals surface area contributed by atoms with E-state index in [1.165, 1.54) is 27.9 Å². The first kappa shape index (κ1) is 29.6. The van der Waals surface area contributed by atoms with E-state index in [9.17, 15) is 34.0 Å². The summed E-state index contributed by atoms with van der Waals surface area (Å²) in [5.41, 5.74) is -4.41. The van der Waals surface area contributed by atoms with Gasteiger partial charge in [0.05, 0.1) is 0 Å². The van der Waals surface area contributed by atoms with Crippen LogP contribution in [0.1, 0.15) is 41.0 Å². The summed E-state index contributed by atoms with van der Waals surface area (Å²) >= 11 is 0. The molecule has 2 aliphatic heterocycles. The number of methoxy groups -OCH3 is 1. The molecule has 36 heavy (non-hydrogen) atoms. The summed E-state index contributed by atoms with van der Waals surface area (Å²) in [4.78, 5) is 72.1. The van der Waals surface area contributed by atoms with Gasteiger partial charge in [-0.25, -0.2) is 0 Å². The Morgan fingerprint density at radius 2 is 1.86 bits per heavy atom. The van der Waals surface area contributed by atoms with Gasteiger partial charge in [0.25, 0.3) is 0 Å². The van der Waals surface area contributed by atoms with Gasteiger partial charge in [0.15, 0.2) is 0 Å². The van der Waals surface area contributed by atoms with Gasteiger partial charge in [0, 0.05) is 0 Å². The summed E-state index contributed by atoms with van der Waals surface area (Å²) in [5.74, 6) is -2.90. The van der Waals surface area contributed by atoms with Crippen molar-refractivity contribution in [2.45, 2.75) is 58.3 Å². The molecule has 0 radical (unpaired) electrons. The molecule has 0 aromatic carbocycles. The van der Waals surface area contributed by atoms with Crippen LogP contribution in [-0.2, 0) is 42.2 Å². The standard InChI is InChI=1S/C20H33N2O13P/c1-18(2,3)34-17(28)22-16(27)31-10-20(22,15(25)26)11-33-36(29)32-9-19(4,5)13(35-36)14(24)21-8-7-12(23)30-6/h13,29,36H,7-11H2,1-6H3,(H,21,24)(H,25,26)/t13-,20-/m0/s1. The van der Waals surface area contributed by atoms with E-state index in [2.05, 4.69) is 10.1 Å². The molecule has 206 valence electrons. The van der Waals surface area contributed by atoms with Crippen LogP contribution in [0.4, 0.5) is 9.59 Å². The molecule has 2 fully saturated rings. The molecule has 2 rings (SSSR count). The van der Waals surface area contributed by atoms with E-state index in [1.54, 1.807) is 13.8 Å². The third-order valence-corrected chi connectivity index (χ3v) is 6.76. The minimum atomic E-state index is -4.67. The summed E-state index contributed by atoms with van der Waals surface area (Å²) in [6, 6.07) is 0. The molecule has 15 nitrogen and oxygen atoms in total. The molecule has 0 aromatic heterocycles. The number of carboxylic acids is 1. The maximum atomic E-state index is 12.7. The van der Waals surface area contributed by atoms with Crippen molar-refractivity contribution in [3.8, 4) is 0 Å². The molecule has 0 aromatic rings. The number of esters is 1. The zero-order chi connectivity index (χ0) is 27.5. The number of carbonyl (C=O) groups excluding carboxylic acids is 4. The molecule has 3 amide bonds. The number of carbonyl (C=O) groups is 5. The van der Waals surface area contributed by atoms with Crippen LogP contribution in [0.15, 0.2) is 0 Å². The average Bonchev–Trinajstić information content (AvgIpc) is 3.10. The van der Waals surface area contributed by atoms with Crippen molar-refractivity contribution < 1.29 is 61.8 Å². The third-order valence-electron chi connectivity index (χ3n) is 5.21. The average molecular weight is 540 g/mol. The van der Waals surface area contributed by atoms with Crippen LogP contribution in [0.25, 0.3) is 0 Å². The van der Waals surface area contributed by atoms with Crippen molar-refractivity contribution in [3.05, 3.63) is 0 Å². The monoisotopic (exact) mass is 540 g/mol. The second-order valence-electron chi connectivity index (χ2n) is 9.91.